The van der Waals surface area contributed by atoms with E-state index in [4.69, 9.17) is 21.0 Å². The lowest BCUT2D eigenvalue weighted by Gasteiger charge is -2.38. The summed E-state index contributed by atoms with van der Waals surface area (Å²) in [5.74, 6) is 0. The molecular weight excluding hydrogens is 621 g/mol. The molecule has 0 fully saturated rings. The second-order valence-electron chi connectivity index (χ2n) is 8.56. The lowest BCUT2D eigenvalue weighted by atomic mass is 10.1. The monoisotopic (exact) mass is 656 g/mol. The number of rotatable bonds is 23. The van der Waals surface area contributed by atoms with Crippen molar-refractivity contribution >= 4 is 40.1 Å². The molecule has 41 heavy (non-hydrogen) atoms. The van der Waals surface area contributed by atoms with E-state index < -0.39 is 107 Å². The summed E-state index contributed by atoms with van der Waals surface area (Å²) < 4.78 is 114. The fraction of sp³-hybridized carbons (Fsp3) is 0.810. The van der Waals surface area contributed by atoms with Crippen LogP contribution in [-0.2, 0) is 40.1 Å². The molecule has 20 heteroatoms. The van der Waals surface area contributed by atoms with Crippen molar-refractivity contribution in [3.63, 3.8) is 0 Å². The third-order valence-corrected chi connectivity index (χ3v) is 16.8. The smallest absolute Gasteiger partial charge is 0.214 e. The number of nitrogens with one attached hydrogen (secondary N) is 4. The normalized spacial score (nSPS) is 13.4. The van der Waals surface area contributed by atoms with Crippen LogP contribution in [0.15, 0.2) is 0 Å². The van der Waals surface area contributed by atoms with Gasteiger partial charge < -0.3 is 0 Å². The third kappa shape index (κ3) is 10.4. The van der Waals surface area contributed by atoms with Crippen molar-refractivity contribution in [2.45, 2.75) is 79.8 Å². The molecule has 0 spiro atoms. The van der Waals surface area contributed by atoms with Gasteiger partial charge in [-0.3, -0.25) is 0 Å². The Labute approximate surface area is 243 Å². The highest BCUT2D eigenvalue weighted by atomic mass is 32.3. The Morgan fingerprint density at radius 1 is 0.561 bits per heavy atom. The molecule has 232 valence electrons. The Bertz CT molecular complexity index is 1310. The molecule has 0 rings (SSSR count). The maximum atomic E-state index is 13.9. The fourth-order valence-corrected chi connectivity index (χ4v) is 15.1. The lowest BCUT2D eigenvalue weighted by molar-refractivity contribution is 0.493. The second kappa shape index (κ2) is 18.2. The van der Waals surface area contributed by atoms with Crippen LogP contribution in [0.2, 0.25) is 0 Å². The van der Waals surface area contributed by atoms with Crippen LogP contribution < -0.4 is 18.9 Å². The van der Waals surface area contributed by atoms with Crippen molar-refractivity contribution in [2.24, 2.45) is 0 Å². The minimum absolute atomic E-state index is 0.0965. The van der Waals surface area contributed by atoms with Crippen molar-refractivity contribution in [2.75, 3.05) is 26.2 Å². The van der Waals surface area contributed by atoms with E-state index in [0.717, 1.165) is 12.8 Å². The van der Waals surface area contributed by atoms with Gasteiger partial charge in [-0.05, 0) is 6.42 Å². The molecule has 0 radical (unpaired) electrons. The zero-order chi connectivity index (χ0) is 31.6. The highest BCUT2D eigenvalue weighted by molar-refractivity contribution is 8.25. The molecule has 0 aromatic rings. The third-order valence-electron chi connectivity index (χ3n) is 5.59. The first kappa shape index (κ1) is 38.6. The van der Waals surface area contributed by atoms with E-state index in [1.54, 1.807) is 38.4 Å². The Morgan fingerprint density at radius 3 is 1.24 bits per heavy atom. The molecule has 1 atom stereocenters. The number of nitriles is 4. The van der Waals surface area contributed by atoms with E-state index in [2.05, 4.69) is 0 Å². The van der Waals surface area contributed by atoms with Gasteiger partial charge in [-0.2, -0.15) is 21.0 Å². The van der Waals surface area contributed by atoms with Crippen molar-refractivity contribution in [1.82, 2.24) is 18.9 Å². The Hall–Kier alpha value is -2.40. The topological polar surface area (TPSA) is 280 Å². The van der Waals surface area contributed by atoms with Gasteiger partial charge in [0.05, 0.1) is 24.3 Å². The van der Waals surface area contributed by atoms with Gasteiger partial charge in [0.1, 0.15) is 5.25 Å². The minimum Gasteiger partial charge on any atom is -0.214 e. The molecule has 0 aromatic heterocycles. The first-order valence-corrected chi connectivity index (χ1v) is 18.6. The maximum Gasteiger partial charge on any atom is 0.330 e. The molecular formula is C21H36N8O8S4. The number of sulfonamides is 4. The van der Waals surface area contributed by atoms with E-state index in [1.165, 1.54) is 0 Å². The SMILES string of the molecule is CCCCCCCC(C(S(=O)(=O)NCCC#N)(S(=O)(=O)NCCC#N)S(=O)(=O)NCCC#N)S(=O)(=O)NCCC#N. The molecule has 0 heterocycles. The van der Waals surface area contributed by atoms with Gasteiger partial charge in [-0.1, -0.05) is 39.0 Å². The molecule has 0 aliphatic carbocycles. The predicted molar refractivity (Wildman–Crippen MR) is 149 cm³/mol. The summed E-state index contributed by atoms with van der Waals surface area (Å²) in [6.45, 7) is -0.948. The van der Waals surface area contributed by atoms with E-state index in [-0.39, 0.29) is 6.42 Å². The quantitative estimate of drug-likeness (QED) is 0.103. The average molecular weight is 657 g/mol. The first-order valence-electron chi connectivity index (χ1n) is 12.6. The van der Waals surface area contributed by atoms with Gasteiger partial charge in [0.15, 0.2) is 0 Å². The van der Waals surface area contributed by atoms with Crippen LogP contribution in [0, 0.1) is 45.3 Å². The second-order valence-corrected chi connectivity index (χ2v) is 17.1. The summed E-state index contributed by atoms with van der Waals surface area (Å²) in [6.07, 6.45) is -0.444. The fourth-order valence-electron chi connectivity index (χ4n) is 3.78. The van der Waals surface area contributed by atoms with E-state index in [1.807, 2.05) is 11.6 Å². The van der Waals surface area contributed by atoms with Crippen molar-refractivity contribution in [1.29, 1.82) is 21.0 Å². The molecule has 0 aliphatic rings. The molecule has 0 saturated heterocycles. The summed E-state index contributed by atoms with van der Waals surface area (Å²) in [5.41, 5.74) is 0. The standard InChI is InChI=1S/C21H36N8O8S4/c1-2-3-4-5-6-11-20(38(30,31)26-16-7-12-22)21(39(32,33)27-17-8-13-23,40(34,35)28-18-9-14-24)41(36,37)29-19-10-15-25/h20,26-29H,2-11,16-19H2,1H3. The molecule has 0 bridgehead atoms. The van der Waals surface area contributed by atoms with Gasteiger partial charge in [0.2, 0.25) is 10.0 Å². The van der Waals surface area contributed by atoms with Gasteiger partial charge >= 0.3 is 3.41 Å². The van der Waals surface area contributed by atoms with Crippen LogP contribution in [0.5, 0.6) is 0 Å². The Balaban J connectivity index is 7.76. The van der Waals surface area contributed by atoms with E-state index >= 15 is 0 Å². The van der Waals surface area contributed by atoms with Gasteiger partial charge in [0, 0.05) is 51.9 Å². The average Bonchev–Trinajstić information content (AvgIpc) is 2.87. The minimum atomic E-state index is -5.76. The van der Waals surface area contributed by atoms with Crippen LogP contribution >= 0.6 is 0 Å². The van der Waals surface area contributed by atoms with Crippen molar-refractivity contribution in [3.05, 3.63) is 0 Å². The molecule has 1 unspecified atom stereocenters. The predicted octanol–water partition coefficient (Wildman–Crippen LogP) is -0.298. The Kier molecular flexibility index (Phi) is 17.1. The van der Waals surface area contributed by atoms with Crippen molar-refractivity contribution in [3.8, 4) is 24.3 Å². The van der Waals surface area contributed by atoms with Gasteiger partial charge in [-0.15, -0.1) is 0 Å². The van der Waals surface area contributed by atoms with E-state index in [9.17, 15) is 33.7 Å². The summed E-state index contributed by atoms with van der Waals surface area (Å²) >= 11 is 0. The number of hydrogen-bond acceptors (Lipinski definition) is 12. The zero-order valence-corrected chi connectivity index (χ0v) is 25.9. The van der Waals surface area contributed by atoms with Crippen LogP contribution in [0.4, 0.5) is 0 Å². The highest BCUT2D eigenvalue weighted by Crippen LogP contribution is 2.39. The highest BCUT2D eigenvalue weighted by Gasteiger charge is 2.72. The Morgan fingerprint density at radius 2 is 0.902 bits per heavy atom. The maximum absolute atomic E-state index is 13.9. The largest absolute Gasteiger partial charge is 0.330 e. The molecule has 0 amide bonds. The van der Waals surface area contributed by atoms with Crippen molar-refractivity contribution < 1.29 is 33.7 Å². The summed E-state index contributed by atoms with van der Waals surface area (Å²) in [4.78, 5) is 0. The number of hydrogen-bond donors (Lipinski definition) is 4. The van der Waals surface area contributed by atoms with Crippen LogP contribution in [0.25, 0.3) is 0 Å². The molecule has 0 aromatic carbocycles. The summed E-state index contributed by atoms with van der Waals surface area (Å²) in [5, 5.41) is 32.8. The van der Waals surface area contributed by atoms with Gasteiger partial charge in [-0.25, -0.2) is 52.6 Å². The number of nitrogens with zero attached hydrogens (tertiary/aromatic N) is 4. The zero-order valence-electron chi connectivity index (χ0n) is 22.7. The first-order chi connectivity index (χ1) is 19.2. The molecule has 16 nitrogen and oxygen atoms in total. The van der Waals surface area contributed by atoms with E-state index in [0.29, 0.717) is 12.8 Å². The lowest BCUT2D eigenvalue weighted by Crippen LogP contribution is -2.71. The molecule has 4 N–H and O–H groups in total. The summed E-state index contributed by atoms with van der Waals surface area (Å²) in [6, 6.07) is 6.50. The van der Waals surface area contributed by atoms with Crippen LogP contribution in [0.3, 0.4) is 0 Å². The van der Waals surface area contributed by atoms with Gasteiger partial charge in [0.25, 0.3) is 30.1 Å². The molecule has 0 saturated carbocycles. The number of unbranched alkanes of at least 4 members (excludes halogenated alkanes) is 4. The summed E-state index contributed by atoms with van der Waals surface area (Å²) in [7, 11) is -22.4. The van der Waals surface area contributed by atoms with Crippen LogP contribution in [-0.4, -0.2) is 68.5 Å². The molecule has 0 aliphatic heterocycles. The van der Waals surface area contributed by atoms with Crippen LogP contribution in [0.1, 0.15) is 71.1 Å².